The Labute approximate surface area is 96.1 Å². The Bertz CT molecular complexity index is 102. The van der Waals surface area contributed by atoms with Crippen molar-refractivity contribution in [2.45, 2.75) is 58.2 Å². The van der Waals surface area contributed by atoms with Crippen LogP contribution in [0.5, 0.6) is 0 Å². The fourth-order valence-corrected chi connectivity index (χ4v) is 6.00. The molecule has 0 fully saturated rings. The van der Waals surface area contributed by atoms with E-state index in [4.69, 9.17) is 12.1 Å². The third kappa shape index (κ3) is 3.14. The molecule has 0 saturated carbocycles. The third-order valence-corrected chi connectivity index (χ3v) is 13.0. The molecular weight excluding hydrogens is 175 g/mol. The van der Waals surface area contributed by atoms with Crippen LogP contribution >= 0.6 is 12.1 Å². The molecule has 0 unspecified atom stereocenters. The van der Waals surface area contributed by atoms with E-state index in [1.165, 1.54) is 0 Å². The molecular formula is C9H22LiSSi. The Balaban J connectivity index is 0. The molecule has 0 aromatic rings. The van der Waals surface area contributed by atoms with Gasteiger partial charge in [0.25, 0.3) is 0 Å². The molecule has 12 heavy (non-hydrogen) atoms. The Morgan fingerprint density at radius 3 is 0.917 bits per heavy atom. The number of thiol groups is 1. The van der Waals surface area contributed by atoms with E-state index in [1.54, 1.807) is 0 Å². The Morgan fingerprint density at radius 2 is 0.917 bits per heavy atom. The third-order valence-electron chi connectivity index (χ3n) is 2.77. The first-order valence-electron chi connectivity index (χ1n) is 4.55. The van der Waals surface area contributed by atoms with Crippen molar-refractivity contribution in [3.05, 3.63) is 0 Å². The van der Waals surface area contributed by atoms with E-state index in [-0.39, 0.29) is 18.9 Å². The zero-order valence-electron chi connectivity index (χ0n) is 9.68. The van der Waals surface area contributed by atoms with Gasteiger partial charge in [0.2, 0.25) is 0 Å². The molecule has 0 N–H and O–H groups in total. The molecule has 0 aliphatic rings. The molecule has 69 valence electrons. The number of rotatable bonds is 3. The molecule has 0 heterocycles. The topological polar surface area (TPSA) is 0 Å². The van der Waals surface area contributed by atoms with Crippen LogP contribution in [-0.4, -0.2) is 26.1 Å². The zero-order chi connectivity index (χ0) is 9.23. The monoisotopic (exact) mass is 197 g/mol. The molecule has 0 rings (SSSR count). The second kappa shape index (κ2) is 5.80. The van der Waals surface area contributed by atoms with Gasteiger partial charge < -0.3 is 0 Å². The fraction of sp³-hybridized carbons (Fsp3) is 1.00. The van der Waals surface area contributed by atoms with Gasteiger partial charge in [0.15, 0.2) is 0 Å². The first kappa shape index (κ1) is 15.6. The van der Waals surface area contributed by atoms with Crippen LogP contribution in [0.4, 0.5) is 0 Å². The largest absolute Gasteiger partial charge is 0.201 e. The standard InChI is InChI=1S/C9H22SSi.Li/c1-7(2)11(10,8(3)4)9(5)6;/h7-10H,1-6H3;. The van der Waals surface area contributed by atoms with Crippen molar-refractivity contribution in [2.24, 2.45) is 0 Å². The average molecular weight is 197 g/mol. The van der Waals surface area contributed by atoms with Crippen molar-refractivity contribution in [1.82, 2.24) is 0 Å². The summed E-state index contributed by atoms with van der Waals surface area (Å²) in [7, 11) is -1.29. The molecule has 0 atom stereocenters. The zero-order valence-corrected chi connectivity index (χ0v) is 11.6. The van der Waals surface area contributed by atoms with Gasteiger partial charge in [-0.3, -0.25) is 0 Å². The van der Waals surface area contributed by atoms with Crippen molar-refractivity contribution in [3.8, 4) is 0 Å². The molecule has 0 nitrogen and oxygen atoms in total. The molecule has 0 aromatic heterocycles. The quantitative estimate of drug-likeness (QED) is 0.517. The van der Waals surface area contributed by atoms with Crippen molar-refractivity contribution < 1.29 is 0 Å². The molecule has 0 aromatic carbocycles. The van der Waals surface area contributed by atoms with Crippen LogP contribution in [0.2, 0.25) is 16.6 Å². The predicted molar refractivity (Wildman–Crippen MR) is 65.8 cm³/mol. The summed E-state index contributed by atoms with van der Waals surface area (Å²) < 4.78 is 0. The molecule has 0 bridgehead atoms. The van der Waals surface area contributed by atoms with Crippen LogP contribution < -0.4 is 0 Å². The molecule has 1 radical (unpaired) electrons. The predicted octanol–water partition coefficient (Wildman–Crippen LogP) is 3.71. The maximum absolute atomic E-state index is 4.94. The summed E-state index contributed by atoms with van der Waals surface area (Å²) in [6, 6.07) is 0. The molecule has 0 amide bonds. The number of hydrogen-bond acceptors (Lipinski definition) is 1. The van der Waals surface area contributed by atoms with Crippen LogP contribution in [0.15, 0.2) is 0 Å². The summed E-state index contributed by atoms with van der Waals surface area (Å²) in [6.07, 6.45) is 0. The van der Waals surface area contributed by atoms with Crippen LogP contribution in [0.25, 0.3) is 0 Å². The summed E-state index contributed by atoms with van der Waals surface area (Å²) in [5.41, 5.74) is 2.35. The Morgan fingerprint density at radius 1 is 0.750 bits per heavy atom. The van der Waals surface area contributed by atoms with Gasteiger partial charge in [-0.1, -0.05) is 41.5 Å². The van der Waals surface area contributed by atoms with E-state index in [9.17, 15) is 0 Å². The van der Waals surface area contributed by atoms with Crippen molar-refractivity contribution >= 4 is 38.2 Å². The van der Waals surface area contributed by atoms with Crippen LogP contribution in [-0.2, 0) is 0 Å². The maximum atomic E-state index is 4.94. The SMILES string of the molecule is CC(C)[Si](S)(C(C)C)C(C)C.[Li]. The van der Waals surface area contributed by atoms with Crippen LogP contribution in [0.3, 0.4) is 0 Å². The maximum Gasteiger partial charge on any atom is 0.120 e. The van der Waals surface area contributed by atoms with E-state index >= 15 is 0 Å². The normalized spacial score (nSPS) is 12.5. The van der Waals surface area contributed by atoms with Crippen molar-refractivity contribution in [2.75, 3.05) is 0 Å². The van der Waals surface area contributed by atoms with E-state index in [0.717, 1.165) is 16.6 Å². The smallest absolute Gasteiger partial charge is 0.120 e. The van der Waals surface area contributed by atoms with Gasteiger partial charge >= 0.3 is 0 Å². The first-order valence-corrected chi connectivity index (χ1v) is 8.07. The Kier molecular flexibility index (Phi) is 7.56. The molecule has 3 heteroatoms. The van der Waals surface area contributed by atoms with Gasteiger partial charge in [-0.15, -0.1) is 0 Å². The minimum absolute atomic E-state index is 0. The first-order chi connectivity index (χ1) is 4.83. The second-order valence-electron chi connectivity index (χ2n) is 4.35. The van der Waals surface area contributed by atoms with Crippen molar-refractivity contribution in [3.63, 3.8) is 0 Å². The molecule has 0 aliphatic heterocycles. The van der Waals surface area contributed by atoms with E-state index in [0.29, 0.717) is 0 Å². The average Bonchev–Trinajstić information content (AvgIpc) is 1.84. The van der Waals surface area contributed by atoms with E-state index in [2.05, 4.69) is 41.5 Å². The summed E-state index contributed by atoms with van der Waals surface area (Å²) in [6.45, 7) is 13.9. The minimum atomic E-state index is -1.29. The van der Waals surface area contributed by atoms with Crippen LogP contribution in [0.1, 0.15) is 41.5 Å². The van der Waals surface area contributed by atoms with E-state index in [1.807, 2.05) is 0 Å². The summed E-state index contributed by atoms with van der Waals surface area (Å²) >= 11 is 4.94. The summed E-state index contributed by atoms with van der Waals surface area (Å²) in [5, 5.41) is 0. The molecule has 0 aliphatic carbocycles. The van der Waals surface area contributed by atoms with Gasteiger partial charge in [-0.2, -0.15) is 0 Å². The van der Waals surface area contributed by atoms with Gasteiger partial charge in [0, 0.05) is 18.9 Å². The van der Waals surface area contributed by atoms with Crippen LogP contribution in [0, 0.1) is 0 Å². The number of hydrogen-bond donors (Lipinski definition) is 1. The van der Waals surface area contributed by atoms with Gasteiger partial charge in [0.05, 0.1) is 0 Å². The van der Waals surface area contributed by atoms with Gasteiger partial charge in [-0.25, -0.2) is 12.1 Å². The molecule has 0 saturated heterocycles. The molecule has 0 spiro atoms. The fourth-order valence-electron chi connectivity index (χ4n) is 2.00. The summed E-state index contributed by atoms with van der Waals surface area (Å²) in [4.78, 5) is 0. The van der Waals surface area contributed by atoms with Crippen molar-refractivity contribution in [1.29, 1.82) is 0 Å². The minimum Gasteiger partial charge on any atom is -0.201 e. The second-order valence-corrected chi connectivity index (χ2v) is 11.9. The Hall–Kier alpha value is 1.16. The van der Waals surface area contributed by atoms with Gasteiger partial charge in [-0.05, 0) is 16.6 Å². The van der Waals surface area contributed by atoms with Gasteiger partial charge in [0.1, 0.15) is 7.22 Å². The van der Waals surface area contributed by atoms with E-state index < -0.39 is 7.22 Å². The summed E-state index contributed by atoms with van der Waals surface area (Å²) in [5.74, 6) is 0.